The molecule has 0 spiro atoms. The Kier molecular flexibility index (Phi) is 5.33. The van der Waals surface area contributed by atoms with Gasteiger partial charge >= 0.3 is 0 Å². The van der Waals surface area contributed by atoms with E-state index in [1.54, 1.807) is 0 Å². The van der Waals surface area contributed by atoms with Gasteiger partial charge in [-0.25, -0.2) is 0 Å². The maximum Gasteiger partial charge on any atom is 0.262 e. The smallest absolute Gasteiger partial charge is 0.262 e. The highest BCUT2D eigenvalue weighted by Gasteiger charge is 2.13. The summed E-state index contributed by atoms with van der Waals surface area (Å²) in [6, 6.07) is 19.8. The highest BCUT2D eigenvalue weighted by Crippen LogP contribution is 2.25. The summed E-state index contributed by atoms with van der Waals surface area (Å²) in [6.07, 6.45) is 0. The molecule has 0 fully saturated rings. The molecule has 3 aromatic rings. The molecule has 0 radical (unpaired) electrons. The van der Waals surface area contributed by atoms with Gasteiger partial charge in [-0.3, -0.25) is 4.79 Å². The monoisotopic (exact) mass is 411 g/mol. The lowest BCUT2D eigenvalue weighted by atomic mass is 9.87. The molecule has 3 rings (SSSR count). The Balaban J connectivity index is 1.59. The van der Waals surface area contributed by atoms with Crippen LogP contribution in [0, 0.1) is 0 Å². The molecular formula is C22H22BrNO2. The van der Waals surface area contributed by atoms with E-state index in [2.05, 4.69) is 42.0 Å². The Morgan fingerprint density at radius 1 is 0.962 bits per heavy atom. The van der Waals surface area contributed by atoms with E-state index in [1.807, 2.05) is 60.7 Å². The number of nitrogens with one attached hydrogen (secondary N) is 1. The Hall–Kier alpha value is -2.33. The first-order chi connectivity index (χ1) is 12.3. The van der Waals surface area contributed by atoms with E-state index in [0.29, 0.717) is 5.75 Å². The number of halogens is 1. The minimum atomic E-state index is -0.176. The molecule has 0 heterocycles. The molecule has 3 aromatic carbocycles. The summed E-state index contributed by atoms with van der Waals surface area (Å²) >= 11 is 3.46. The Morgan fingerprint density at radius 2 is 1.62 bits per heavy atom. The number of anilines is 1. The average molecular weight is 412 g/mol. The summed E-state index contributed by atoms with van der Waals surface area (Å²) < 4.78 is 6.67. The first-order valence-corrected chi connectivity index (χ1v) is 9.33. The number of carbonyl (C=O) groups is 1. The van der Waals surface area contributed by atoms with Gasteiger partial charge in [0.25, 0.3) is 5.91 Å². The van der Waals surface area contributed by atoms with Crippen LogP contribution in [0.1, 0.15) is 26.3 Å². The molecule has 0 aliphatic carbocycles. The van der Waals surface area contributed by atoms with E-state index >= 15 is 0 Å². The van der Waals surface area contributed by atoms with Crippen molar-refractivity contribution < 1.29 is 9.53 Å². The fraction of sp³-hybridized carbons (Fsp3) is 0.227. The normalized spacial score (nSPS) is 11.4. The van der Waals surface area contributed by atoms with Crippen LogP contribution in [0.15, 0.2) is 65.1 Å². The van der Waals surface area contributed by atoms with Crippen molar-refractivity contribution in [3.8, 4) is 5.75 Å². The lowest BCUT2D eigenvalue weighted by Crippen LogP contribution is -2.20. The van der Waals surface area contributed by atoms with Crippen molar-refractivity contribution >= 4 is 38.3 Å². The summed E-state index contributed by atoms with van der Waals surface area (Å²) in [6.45, 7) is 6.47. The number of benzene rings is 3. The fourth-order valence-electron chi connectivity index (χ4n) is 2.68. The number of amides is 1. The van der Waals surface area contributed by atoms with Crippen LogP contribution in [0.5, 0.6) is 5.75 Å². The Labute approximate surface area is 162 Å². The number of carbonyl (C=O) groups excluding carboxylic acids is 1. The van der Waals surface area contributed by atoms with Gasteiger partial charge in [-0.05, 0) is 58.1 Å². The highest BCUT2D eigenvalue weighted by molar-refractivity contribution is 9.10. The van der Waals surface area contributed by atoms with Crippen LogP contribution in [0.4, 0.5) is 5.69 Å². The summed E-state index contributed by atoms with van der Waals surface area (Å²) in [7, 11) is 0. The maximum absolute atomic E-state index is 12.1. The standard InChI is InChI=1S/C22H22BrNO2/c1-22(2,3)17-6-9-19(10-7-17)24-21(25)14-26-20-11-5-15-12-18(23)8-4-16(15)13-20/h4-13H,14H2,1-3H3,(H,24,25). The van der Waals surface area contributed by atoms with Gasteiger partial charge in [-0.15, -0.1) is 0 Å². The fourth-order valence-corrected chi connectivity index (χ4v) is 3.06. The Bertz CT molecular complexity index is 927. The molecule has 0 bridgehead atoms. The third kappa shape index (κ3) is 4.64. The minimum absolute atomic E-state index is 0.0247. The number of rotatable bonds is 4. The van der Waals surface area contributed by atoms with E-state index in [-0.39, 0.29) is 17.9 Å². The topological polar surface area (TPSA) is 38.3 Å². The van der Waals surface area contributed by atoms with Crippen molar-refractivity contribution in [1.82, 2.24) is 0 Å². The lowest BCUT2D eigenvalue weighted by molar-refractivity contribution is -0.118. The zero-order valence-electron chi connectivity index (χ0n) is 15.2. The van der Waals surface area contributed by atoms with Gasteiger partial charge in [0.2, 0.25) is 0 Å². The van der Waals surface area contributed by atoms with Gasteiger partial charge in [0.05, 0.1) is 0 Å². The van der Waals surface area contributed by atoms with Crippen LogP contribution in [0.25, 0.3) is 10.8 Å². The van der Waals surface area contributed by atoms with Crippen LogP contribution in [-0.4, -0.2) is 12.5 Å². The summed E-state index contributed by atoms with van der Waals surface area (Å²) in [5.74, 6) is 0.502. The zero-order valence-corrected chi connectivity index (χ0v) is 16.8. The second-order valence-electron chi connectivity index (χ2n) is 7.32. The molecule has 0 atom stereocenters. The molecule has 1 amide bonds. The number of ether oxygens (including phenoxy) is 1. The van der Waals surface area contributed by atoms with Crippen molar-refractivity contribution in [2.75, 3.05) is 11.9 Å². The molecule has 0 aliphatic heterocycles. The predicted octanol–water partition coefficient (Wildman–Crippen LogP) is 5.92. The first-order valence-electron chi connectivity index (χ1n) is 8.54. The SMILES string of the molecule is CC(C)(C)c1ccc(NC(=O)COc2ccc3cc(Br)ccc3c2)cc1. The van der Waals surface area contributed by atoms with Gasteiger partial charge in [0.15, 0.2) is 6.61 Å². The first kappa shape index (κ1) is 18.5. The average Bonchev–Trinajstić information content (AvgIpc) is 2.59. The summed E-state index contributed by atoms with van der Waals surface area (Å²) in [5, 5.41) is 5.06. The van der Waals surface area contributed by atoms with Crippen molar-refractivity contribution in [2.24, 2.45) is 0 Å². The number of hydrogen-bond acceptors (Lipinski definition) is 2. The molecule has 4 heteroatoms. The number of fused-ring (bicyclic) bond motifs is 1. The molecule has 3 nitrogen and oxygen atoms in total. The van der Waals surface area contributed by atoms with Crippen molar-refractivity contribution in [1.29, 1.82) is 0 Å². The second-order valence-corrected chi connectivity index (χ2v) is 8.23. The summed E-state index contributed by atoms with van der Waals surface area (Å²) in [5.41, 5.74) is 2.10. The highest BCUT2D eigenvalue weighted by atomic mass is 79.9. The maximum atomic E-state index is 12.1. The van der Waals surface area contributed by atoms with Crippen molar-refractivity contribution in [3.05, 3.63) is 70.7 Å². The van der Waals surface area contributed by atoms with Crippen molar-refractivity contribution in [2.45, 2.75) is 26.2 Å². The van der Waals surface area contributed by atoms with E-state index < -0.39 is 0 Å². The van der Waals surface area contributed by atoms with Gasteiger partial charge in [-0.2, -0.15) is 0 Å². The molecule has 0 aromatic heterocycles. The van der Waals surface area contributed by atoms with Crippen LogP contribution in [-0.2, 0) is 10.2 Å². The zero-order chi connectivity index (χ0) is 18.7. The van der Waals surface area contributed by atoms with Crippen LogP contribution in [0.2, 0.25) is 0 Å². The van der Waals surface area contributed by atoms with Crippen LogP contribution < -0.4 is 10.1 Å². The van der Waals surface area contributed by atoms with Crippen LogP contribution in [0.3, 0.4) is 0 Å². The van der Waals surface area contributed by atoms with Crippen molar-refractivity contribution in [3.63, 3.8) is 0 Å². The largest absolute Gasteiger partial charge is 0.484 e. The minimum Gasteiger partial charge on any atom is -0.484 e. The van der Waals surface area contributed by atoms with Crippen LogP contribution >= 0.6 is 15.9 Å². The molecular weight excluding hydrogens is 390 g/mol. The van der Waals surface area contributed by atoms with Gasteiger partial charge in [0, 0.05) is 10.2 Å². The third-order valence-electron chi connectivity index (χ3n) is 4.18. The summed E-state index contributed by atoms with van der Waals surface area (Å²) in [4.78, 5) is 12.1. The molecule has 0 unspecified atom stereocenters. The van der Waals surface area contributed by atoms with Gasteiger partial charge in [0.1, 0.15) is 5.75 Å². The predicted molar refractivity (Wildman–Crippen MR) is 111 cm³/mol. The second kappa shape index (κ2) is 7.50. The van der Waals surface area contributed by atoms with E-state index in [9.17, 15) is 4.79 Å². The van der Waals surface area contributed by atoms with Gasteiger partial charge < -0.3 is 10.1 Å². The molecule has 134 valence electrons. The quantitative estimate of drug-likeness (QED) is 0.578. The van der Waals surface area contributed by atoms with E-state index in [4.69, 9.17) is 4.74 Å². The number of hydrogen-bond donors (Lipinski definition) is 1. The van der Waals surface area contributed by atoms with Gasteiger partial charge in [-0.1, -0.05) is 61.0 Å². The molecule has 1 N–H and O–H groups in total. The molecule has 26 heavy (non-hydrogen) atoms. The molecule has 0 saturated carbocycles. The third-order valence-corrected chi connectivity index (χ3v) is 4.67. The molecule has 0 aliphatic rings. The Morgan fingerprint density at radius 3 is 2.31 bits per heavy atom. The lowest BCUT2D eigenvalue weighted by Gasteiger charge is -2.19. The van der Waals surface area contributed by atoms with E-state index in [0.717, 1.165) is 20.9 Å². The van der Waals surface area contributed by atoms with E-state index in [1.165, 1.54) is 5.56 Å². The molecule has 0 saturated heterocycles.